The Labute approximate surface area is 117 Å². The molecule has 0 aromatic rings. The lowest BCUT2D eigenvalue weighted by atomic mass is 9.97. The smallest absolute Gasteiger partial charge is 0.320 e. The summed E-state index contributed by atoms with van der Waals surface area (Å²) >= 11 is 0. The van der Waals surface area contributed by atoms with Crippen LogP contribution in [0.2, 0.25) is 0 Å². The van der Waals surface area contributed by atoms with E-state index in [-0.39, 0.29) is 24.4 Å². The number of carbonyl (C=O) groups is 3. The van der Waals surface area contributed by atoms with E-state index in [2.05, 4.69) is 5.32 Å². The number of nitrogens with one attached hydrogen (secondary N) is 1. The highest BCUT2D eigenvalue weighted by Gasteiger charge is 2.35. The summed E-state index contributed by atoms with van der Waals surface area (Å²) in [7, 11) is 1.60. The molecule has 2 N–H and O–H groups in total. The molecule has 0 bridgehead atoms. The number of carboxylic acids is 1. The molecule has 0 aliphatic carbocycles. The number of nitrogens with zero attached hydrogens (tertiary/aromatic N) is 2. The third kappa shape index (κ3) is 3.02. The third-order valence-corrected chi connectivity index (χ3v) is 4.12. The van der Waals surface area contributed by atoms with Crippen LogP contribution >= 0.6 is 0 Å². The van der Waals surface area contributed by atoms with Crippen LogP contribution in [0.5, 0.6) is 0 Å². The predicted molar refractivity (Wildman–Crippen MR) is 71.1 cm³/mol. The molecule has 112 valence electrons. The molecular formula is C13H21N3O4. The molecule has 7 nitrogen and oxygen atoms in total. The number of hydrogen-bond acceptors (Lipinski definition) is 3. The maximum atomic E-state index is 12.4. The van der Waals surface area contributed by atoms with Crippen LogP contribution < -0.4 is 5.32 Å². The minimum Gasteiger partial charge on any atom is -0.481 e. The quantitative estimate of drug-likeness (QED) is 0.744. The van der Waals surface area contributed by atoms with Gasteiger partial charge in [0.2, 0.25) is 5.91 Å². The summed E-state index contributed by atoms with van der Waals surface area (Å²) in [5.74, 6) is -1.50. The first-order chi connectivity index (χ1) is 9.52. The fourth-order valence-electron chi connectivity index (χ4n) is 2.90. The van der Waals surface area contributed by atoms with Crippen LogP contribution in [-0.4, -0.2) is 66.0 Å². The lowest BCUT2D eigenvalue weighted by molar-refractivity contribution is -0.141. The van der Waals surface area contributed by atoms with Gasteiger partial charge in [-0.05, 0) is 19.3 Å². The molecule has 2 heterocycles. The van der Waals surface area contributed by atoms with Crippen molar-refractivity contribution in [2.45, 2.75) is 19.3 Å². The largest absolute Gasteiger partial charge is 0.481 e. The molecule has 7 heteroatoms. The highest BCUT2D eigenvalue weighted by Crippen LogP contribution is 2.22. The molecule has 2 fully saturated rings. The van der Waals surface area contributed by atoms with E-state index < -0.39 is 11.9 Å². The van der Waals surface area contributed by atoms with Crippen molar-refractivity contribution in [1.82, 2.24) is 15.1 Å². The van der Waals surface area contributed by atoms with Crippen LogP contribution in [0, 0.1) is 11.8 Å². The van der Waals surface area contributed by atoms with E-state index in [0.29, 0.717) is 26.1 Å². The van der Waals surface area contributed by atoms with Crippen LogP contribution in [0.3, 0.4) is 0 Å². The Morgan fingerprint density at radius 2 is 1.70 bits per heavy atom. The van der Waals surface area contributed by atoms with Crippen molar-refractivity contribution in [2.24, 2.45) is 11.8 Å². The van der Waals surface area contributed by atoms with Crippen LogP contribution in [0.4, 0.5) is 4.79 Å². The number of hydrogen-bond donors (Lipinski definition) is 2. The zero-order valence-electron chi connectivity index (χ0n) is 11.7. The second-order valence-corrected chi connectivity index (χ2v) is 5.45. The van der Waals surface area contributed by atoms with Crippen molar-refractivity contribution in [3.05, 3.63) is 0 Å². The summed E-state index contributed by atoms with van der Waals surface area (Å²) in [4.78, 5) is 38.2. The summed E-state index contributed by atoms with van der Waals surface area (Å²) in [6.45, 7) is 1.82. The molecule has 20 heavy (non-hydrogen) atoms. The molecule has 2 saturated heterocycles. The molecule has 2 rings (SSSR count). The van der Waals surface area contributed by atoms with Gasteiger partial charge in [0.25, 0.3) is 0 Å². The normalized spacial score (nSPS) is 26.4. The number of carboxylic acid groups (broad SMARTS) is 1. The maximum absolute atomic E-state index is 12.4. The molecule has 2 aliphatic heterocycles. The lowest BCUT2D eigenvalue weighted by Gasteiger charge is -2.34. The molecular weight excluding hydrogens is 262 g/mol. The van der Waals surface area contributed by atoms with Gasteiger partial charge in [0.05, 0.1) is 11.8 Å². The van der Waals surface area contributed by atoms with E-state index in [0.717, 1.165) is 12.8 Å². The van der Waals surface area contributed by atoms with Crippen molar-refractivity contribution in [3.8, 4) is 0 Å². The van der Waals surface area contributed by atoms with E-state index in [9.17, 15) is 14.4 Å². The number of carbonyl (C=O) groups excluding carboxylic acids is 2. The fourth-order valence-corrected chi connectivity index (χ4v) is 2.90. The van der Waals surface area contributed by atoms with Gasteiger partial charge in [-0.15, -0.1) is 0 Å². The highest BCUT2D eigenvalue weighted by atomic mass is 16.4. The number of urea groups is 1. The summed E-state index contributed by atoms with van der Waals surface area (Å²) < 4.78 is 0. The molecule has 0 aromatic carbocycles. The number of aliphatic carboxylic acids is 1. The van der Waals surface area contributed by atoms with Crippen molar-refractivity contribution < 1.29 is 19.5 Å². The van der Waals surface area contributed by atoms with E-state index in [1.54, 1.807) is 16.8 Å². The molecule has 2 aliphatic rings. The number of piperidine rings is 1. The van der Waals surface area contributed by atoms with Gasteiger partial charge in [0.15, 0.2) is 0 Å². The number of amides is 3. The first kappa shape index (κ1) is 14.6. The van der Waals surface area contributed by atoms with Crippen LogP contribution in [-0.2, 0) is 9.59 Å². The van der Waals surface area contributed by atoms with E-state index in [1.165, 1.54) is 0 Å². The van der Waals surface area contributed by atoms with Crippen molar-refractivity contribution >= 4 is 17.9 Å². The van der Waals surface area contributed by atoms with E-state index >= 15 is 0 Å². The van der Waals surface area contributed by atoms with Crippen LogP contribution in [0.1, 0.15) is 19.3 Å². The summed E-state index contributed by atoms with van der Waals surface area (Å²) in [6.07, 6.45) is 2.11. The standard InChI is InChI=1S/C13H21N3O4/c1-14-11(17)9-3-2-5-15(7-9)13(20)16-6-4-10(8-16)12(18)19/h9-10H,2-8H2,1H3,(H,14,17)(H,18,19). The molecule has 3 amide bonds. The zero-order chi connectivity index (χ0) is 14.7. The summed E-state index contributed by atoms with van der Waals surface area (Å²) in [6, 6.07) is -0.137. The van der Waals surface area contributed by atoms with E-state index in [1.807, 2.05) is 0 Å². The van der Waals surface area contributed by atoms with E-state index in [4.69, 9.17) is 5.11 Å². The van der Waals surface area contributed by atoms with Gasteiger partial charge in [0, 0.05) is 33.2 Å². The van der Waals surface area contributed by atoms with Gasteiger partial charge >= 0.3 is 12.0 Å². The SMILES string of the molecule is CNC(=O)C1CCCN(C(=O)N2CCC(C(=O)O)C2)C1. The molecule has 2 atom stereocenters. The van der Waals surface area contributed by atoms with Crippen molar-refractivity contribution in [3.63, 3.8) is 0 Å². The Balaban J connectivity index is 1.92. The van der Waals surface area contributed by atoms with Crippen molar-refractivity contribution in [1.29, 1.82) is 0 Å². The van der Waals surface area contributed by atoms with Gasteiger partial charge in [-0.3, -0.25) is 9.59 Å². The minimum atomic E-state index is -0.845. The average molecular weight is 283 g/mol. The predicted octanol–water partition coefficient (Wildman–Crippen LogP) is -0.0291. The molecule has 0 radical (unpaired) electrons. The zero-order valence-corrected chi connectivity index (χ0v) is 11.7. The van der Waals surface area contributed by atoms with Gasteiger partial charge < -0.3 is 20.2 Å². The Bertz CT molecular complexity index is 412. The van der Waals surface area contributed by atoms with Gasteiger partial charge in [-0.1, -0.05) is 0 Å². The Morgan fingerprint density at radius 3 is 2.30 bits per heavy atom. The van der Waals surface area contributed by atoms with Crippen molar-refractivity contribution in [2.75, 3.05) is 33.2 Å². The first-order valence-electron chi connectivity index (χ1n) is 7.01. The highest BCUT2D eigenvalue weighted by molar-refractivity contribution is 5.81. The van der Waals surface area contributed by atoms with Crippen LogP contribution in [0.25, 0.3) is 0 Å². The maximum Gasteiger partial charge on any atom is 0.320 e. The number of rotatable bonds is 2. The van der Waals surface area contributed by atoms with Crippen LogP contribution in [0.15, 0.2) is 0 Å². The molecule has 0 saturated carbocycles. The average Bonchev–Trinajstić information content (AvgIpc) is 2.95. The molecule has 0 aromatic heterocycles. The molecule has 0 spiro atoms. The first-order valence-corrected chi connectivity index (χ1v) is 7.01. The van der Waals surface area contributed by atoms with Gasteiger partial charge in [-0.2, -0.15) is 0 Å². The fraction of sp³-hybridized carbons (Fsp3) is 0.769. The Hall–Kier alpha value is -1.79. The number of likely N-dealkylation sites (tertiary alicyclic amines) is 2. The Morgan fingerprint density at radius 1 is 1.05 bits per heavy atom. The second kappa shape index (κ2) is 6.11. The third-order valence-electron chi connectivity index (χ3n) is 4.12. The second-order valence-electron chi connectivity index (χ2n) is 5.45. The topological polar surface area (TPSA) is 90.0 Å². The summed E-state index contributed by atoms with van der Waals surface area (Å²) in [5, 5.41) is 11.6. The monoisotopic (exact) mass is 283 g/mol. The van der Waals surface area contributed by atoms with Gasteiger partial charge in [-0.25, -0.2) is 4.79 Å². The Kier molecular flexibility index (Phi) is 4.46. The molecule has 2 unspecified atom stereocenters. The lowest BCUT2D eigenvalue weighted by Crippen LogP contribution is -2.49. The summed E-state index contributed by atoms with van der Waals surface area (Å²) in [5.41, 5.74) is 0. The van der Waals surface area contributed by atoms with Gasteiger partial charge in [0.1, 0.15) is 0 Å². The minimum absolute atomic E-state index is 0.0349.